The van der Waals surface area contributed by atoms with Crippen LogP contribution in [0.1, 0.15) is 58.3 Å². The van der Waals surface area contributed by atoms with Crippen LogP contribution >= 0.6 is 0 Å². The van der Waals surface area contributed by atoms with Gasteiger partial charge in [0, 0.05) is 38.4 Å². The van der Waals surface area contributed by atoms with Crippen LogP contribution in [-0.2, 0) is 9.47 Å². The molecule has 26 heavy (non-hydrogen) atoms. The molecule has 0 radical (unpaired) electrons. The number of ether oxygens (including phenoxy) is 2. The first-order valence-electron chi connectivity index (χ1n) is 10.6. The molecule has 0 aromatic heterocycles. The van der Waals surface area contributed by atoms with E-state index in [1.807, 2.05) is 0 Å². The Bertz CT molecular complexity index is 403. The molecule has 2 fully saturated rings. The molecule has 1 saturated carbocycles. The zero-order valence-electron chi connectivity index (χ0n) is 17.2. The molecular formula is C20H40N4O2. The van der Waals surface area contributed by atoms with Gasteiger partial charge >= 0.3 is 0 Å². The zero-order chi connectivity index (χ0) is 18.7. The molecule has 2 rings (SSSR count). The van der Waals surface area contributed by atoms with Gasteiger partial charge in [-0.2, -0.15) is 0 Å². The van der Waals surface area contributed by atoms with Gasteiger partial charge in [-0.15, -0.1) is 0 Å². The molecule has 2 N–H and O–H groups in total. The fourth-order valence-corrected chi connectivity index (χ4v) is 3.83. The quantitative estimate of drug-likeness (QED) is 0.372. The Labute approximate surface area is 160 Å². The number of hydrogen-bond donors (Lipinski definition) is 2. The summed E-state index contributed by atoms with van der Waals surface area (Å²) >= 11 is 0. The summed E-state index contributed by atoms with van der Waals surface area (Å²) in [6.07, 6.45) is 10.1. The molecular weight excluding hydrogens is 328 g/mol. The van der Waals surface area contributed by atoms with E-state index in [9.17, 15) is 0 Å². The number of hydrogen-bond acceptors (Lipinski definition) is 4. The van der Waals surface area contributed by atoms with Gasteiger partial charge in [0.2, 0.25) is 0 Å². The minimum atomic E-state index is 0.116. The molecule has 6 nitrogen and oxygen atoms in total. The van der Waals surface area contributed by atoms with Crippen LogP contribution in [-0.4, -0.2) is 76.1 Å². The molecule has 0 aromatic carbocycles. The average molecular weight is 369 g/mol. The van der Waals surface area contributed by atoms with Crippen molar-refractivity contribution in [2.75, 3.05) is 53.6 Å². The second kappa shape index (κ2) is 11.8. The summed E-state index contributed by atoms with van der Waals surface area (Å²) < 4.78 is 11.6. The normalized spacial score (nSPS) is 21.8. The van der Waals surface area contributed by atoms with Gasteiger partial charge in [0.25, 0.3) is 0 Å². The van der Waals surface area contributed by atoms with Gasteiger partial charge in [0.15, 0.2) is 5.96 Å². The summed E-state index contributed by atoms with van der Waals surface area (Å²) in [6, 6.07) is 0. The molecule has 0 atom stereocenters. The van der Waals surface area contributed by atoms with E-state index in [1.54, 1.807) is 0 Å². The minimum absolute atomic E-state index is 0.116. The van der Waals surface area contributed by atoms with E-state index in [4.69, 9.17) is 14.5 Å². The van der Waals surface area contributed by atoms with Crippen LogP contribution in [0.3, 0.4) is 0 Å². The van der Waals surface area contributed by atoms with Crippen molar-refractivity contribution in [2.24, 2.45) is 4.99 Å². The standard InChI is InChI=1S/C20H40N4O2/c1-4-21-19(22-13-8-14-26-18-9-6-5-7-10-18)23-17-20(24(2)3)11-15-25-16-12-20/h18H,4-17H2,1-3H3,(H2,21,22,23). The Morgan fingerprint density at radius 3 is 2.54 bits per heavy atom. The fraction of sp³-hybridized carbons (Fsp3) is 0.950. The van der Waals surface area contributed by atoms with Crippen molar-refractivity contribution in [2.45, 2.75) is 69.9 Å². The third-order valence-electron chi connectivity index (χ3n) is 5.77. The molecule has 1 aliphatic heterocycles. The van der Waals surface area contributed by atoms with E-state index in [-0.39, 0.29) is 5.54 Å². The SMILES string of the molecule is CCNC(=NCC1(N(C)C)CCOCC1)NCCCOC1CCCCC1. The summed E-state index contributed by atoms with van der Waals surface area (Å²) in [5.41, 5.74) is 0.116. The van der Waals surface area contributed by atoms with Gasteiger partial charge < -0.3 is 25.0 Å². The molecule has 0 unspecified atom stereocenters. The van der Waals surface area contributed by atoms with Gasteiger partial charge in [-0.25, -0.2) is 0 Å². The Morgan fingerprint density at radius 2 is 1.88 bits per heavy atom. The van der Waals surface area contributed by atoms with Gasteiger partial charge in [-0.3, -0.25) is 4.99 Å². The maximum Gasteiger partial charge on any atom is 0.191 e. The van der Waals surface area contributed by atoms with Crippen LogP contribution in [0.2, 0.25) is 0 Å². The third kappa shape index (κ3) is 7.05. The highest BCUT2D eigenvalue weighted by atomic mass is 16.5. The Balaban J connectivity index is 1.72. The maximum absolute atomic E-state index is 6.01. The highest BCUT2D eigenvalue weighted by Crippen LogP contribution is 2.26. The van der Waals surface area contributed by atoms with Crippen LogP contribution < -0.4 is 10.6 Å². The van der Waals surface area contributed by atoms with Crippen molar-refractivity contribution < 1.29 is 9.47 Å². The molecule has 6 heteroatoms. The Hall–Kier alpha value is -0.850. The topological polar surface area (TPSA) is 58.1 Å². The van der Waals surface area contributed by atoms with Gasteiger partial charge in [-0.05, 0) is 53.1 Å². The summed E-state index contributed by atoms with van der Waals surface area (Å²) in [5.74, 6) is 0.915. The van der Waals surface area contributed by atoms with E-state index in [0.29, 0.717) is 6.10 Å². The minimum Gasteiger partial charge on any atom is -0.381 e. The number of nitrogens with zero attached hydrogens (tertiary/aromatic N) is 2. The van der Waals surface area contributed by atoms with Crippen molar-refractivity contribution in [3.05, 3.63) is 0 Å². The Morgan fingerprint density at radius 1 is 1.15 bits per heavy atom. The molecule has 0 bridgehead atoms. The van der Waals surface area contributed by atoms with E-state index in [1.165, 1.54) is 32.1 Å². The molecule has 0 spiro atoms. The smallest absolute Gasteiger partial charge is 0.191 e. The lowest BCUT2D eigenvalue weighted by atomic mass is 9.89. The lowest BCUT2D eigenvalue weighted by molar-refractivity contribution is -0.00255. The molecule has 1 saturated heterocycles. The highest BCUT2D eigenvalue weighted by molar-refractivity contribution is 5.79. The van der Waals surface area contributed by atoms with Crippen LogP contribution in [0, 0.1) is 0 Å². The van der Waals surface area contributed by atoms with Crippen LogP contribution in [0.5, 0.6) is 0 Å². The molecule has 152 valence electrons. The first kappa shape index (κ1) is 21.5. The number of guanidine groups is 1. The average Bonchev–Trinajstić information content (AvgIpc) is 2.67. The summed E-state index contributed by atoms with van der Waals surface area (Å²) in [5, 5.41) is 6.83. The van der Waals surface area contributed by atoms with Gasteiger partial charge in [-0.1, -0.05) is 19.3 Å². The van der Waals surface area contributed by atoms with Crippen LogP contribution in [0.25, 0.3) is 0 Å². The lowest BCUT2D eigenvalue weighted by Gasteiger charge is -2.41. The lowest BCUT2D eigenvalue weighted by Crippen LogP contribution is -2.51. The van der Waals surface area contributed by atoms with Crippen molar-refractivity contribution in [3.8, 4) is 0 Å². The monoisotopic (exact) mass is 368 g/mol. The fourth-order valence-electron chi connectivity index (χ4n) is 3.83. The van der Waals surface area contributed by atoms with Gasteiger partial charge in [0.05, 0.1) is 12.6 Å². The first-order valence-corrected chi connectivity index (χ1v) is 10.6. The van der Waals surface area contributed by atoms with Crippen molar-refractivity contribution in [1.82, 2.24) is 15.5 Å². The predicted molar refractivity (Wildman–Crippen MR) is 108 cm³/mol. The number of likely N-dealkylation sites (N-methyl/N-ethyl adjacent to an activating group) is 1. The van der Waals surface area contributed by atoms with E-state index in [2.05, 4.69) is 36.6 Å². The number of rotatable bonds is 9. The predicted octanol–water partition coefficient (Wildman–Crippen LogP) is 2.39. The molecule has 1 aliphatic carbocycles. The maximum atomic E-state index is 6.01. The van der Waals surface area contributed by atoms with Crippen molar-refractivity contribution in [3.63, 3.8) is 0 Å². The van der Waals surface area contributed by atoms with Crippen molar-refractivity contribution in [1.29, 1.82) is 0 Å². The number of nitrogens with one attached hydrogen (secondary N) is 2. The van der Waals surface area contributed by atoms with E-state index < -0.39 is 0 Å². The Kier molecular flexibility index (Phi) is 9.72. The summed E-state index contributed by atoms with van der Waals surface area (Å²) in [6.45, 7) is 7.19. The molecule has 0 amide bonds. The van der Waals surface area contributed by atoms with E-state index >= 15 is 0 Å². The zero-order valence-corrected chi connectivity index (χ0v) is 17.2. The molecule has 2 aliphatic rings. The third-order valence-corrected chi connectivity index (χ3v) is 5.77. The van der Waals surface area contributed by atoms with Crippen molar-refractivity contribution >= 4 is 5.96 Å². The highest BCUT2D eigenvalue weighted by Gasteiger charge is 2.34. The molecule has 0 aromatic rings. The largest absolute Gasteiger partial charge is 0.381 e. The number of aliphatic imine (C=N–C) groups is 1. The second-order valence-corrected chi connectivity index (χ2v) is 7.84. The first-order chi connectivity index (χ1) is 12.7. The van der Waals surface area contributed by atoms with Gasteiger partial charge in [0.1, 0.15) is 0 Å². The van der Waals surface area contributed by atoms with Crippen LogP contribution in [0.4, 0.5) is 0 Å². The second-order valence-electron chi connectivity index (χ2n) is 7.84. The van der Waals surface area contributed by atoms with Crippen LogP contribution in [0.15, 0.2) is 4.99 Å². The summed E-state index contributed by atoms with van der Waals surface area (Å²) in [7, 11) is 4.31. The summed E-state index contributed by atoms with van der Waals surface area (Å²) in [4.78, 5) is 7.19. The molecule has 1 heterocycles. The van der Waals surface area contributed by atoms with E-state index in [0.717, 1.165) is 64.7 Å².